The molecule has 4 aromatic carbocycles. The Hall–Kier alpha value is -3.85. The van der Waals surface area contributed by atoms with Crippen LogP contribution in [-0.2, 0) is 32.6 Å². The van der Waals surface area contributed by atoms with E-state index in [4.69, 9.17) is 23.2 Å². The average Bonchev–Trinajstić information content (AvgIpc) is 3.00. The van der Waals surface area contributed by atoms with Gasteiger partial charge in [0, 0.05) is 29.6 Å². The second-order valence-electron chi connectivity index (χ2n) is 11.0. The number of aryl methyl sites for hydroxylation is 2. The first-order chi connectivity index (χ1) is 21.5. The van der Waals surface area contributed by atoms with Gasteiger partial charge in [-0.2, -0.15) is 0 Å². The van der Waals surface area contributed by atoms with Crippen molar-refractivity contribution in [3.63, 3.8) is 0 Å². The van der Waals surface area contributed by atoms with E-state index in [-0.39, 0.29) is 39.5 Å². The van der Waals surface area contributed by atoms with Crippen LogP contribution in [-0.4, -0.2) is 44.3 Å². The van der Waals surface area contributed by atoms with E-state index >= 15 is 0 Å². The monoisotopic (exact) mass is 665 g/mol. The van der Waals surface area contributed by atoms with Gasteiger partial charge >= 0.3 is 0 Å². The standard InChI is InChI=1S/C35H37Cl2N3O4S/c1-4-17-38-35(42)33(19-27-10-6-5-7-11-27)39(23-28-12-8-9-26(3)18-28)34(41)24-40(31-21-29(36)20-30(37)22-31)45(43,44)32-15-13-25(2)14-16-32/h5-16,18,20-22,33H,4,17,19,23-24H2,1-3H3,(H,38,42)/t33-/m0/s1. The Kier molecular flexibility index (Phi) is 11.7. The van der Waals surface area contributed by atoms with Gasteiger partial charge in [-0.25, -0.2) is 8.42 Å². The summed E-state index contributed by atoms with van der Waals surface area (Å²) in [7, 11) is -4.26. The predicted molar refractivity (Wildman–Crippen MR) is 181 cm³/mol. The van der Waals surface area contributed by atoms with E-state index in [1.807, 2.05) is 75.4 Å². The Morgan fingerprint density at radius 1 is 0.800 bits per heavy atom. The molecule has 0 radical (unpaired) electrons. The molecule has 4 rings (SSSR count). The van der Waals surface area contributed by atoms with E-state index in [0.717, 1.165) is 26.6 Å². The molecule has 0 heterocycles. The highest BCUT2D eigenvalue weighted by Gasteiger charge is 2.34. The third-order valence-corrected chi connectivity index (χ3v) is 9.50. The largest absolute Gasteiger partial charge is 0.354 e. The van der Waals surface area contributed by atoms with Crippen LogP contribution >= 0.6 is 23.2 Å². The minimum atomic E-state index is -4.26. The number of carbonyl (C=O) groups is 2. The first-order valence-corrected chi connectivity index (χ1v) is 16.9. The van der Waals surface area contributed by atoms with Crippen molar-refractivity contribution in [2.45, 2.75) is 51.1 Å². The molecule has 0 aliphatic heterocycles. The van der Waals surface area contributed by atoms with Crippen molar-refractivity contribution in [2.24, 2.45) is 0 Å². The van der Waals surface area contributed by atoms with Gasteiger partial charge < -0.3 is 10.2 Å². The van der Waals surface area contributed by atoms with Crippen molar-refractivity contribution in [3.8, 4) is 0 Å². The maximum atomic E-state index is 14.5. The van der Waals surface area contributed by atoms with E-state index < -0.39 is 28.5 Å². The molecule has 2 amide bonds. The lowest BCUT2D eigenvalue weighted by Crippen LogP contribution is -2.53. The third-order valence-electron chi connectivity index (χ3n) is 7.28. The van der Waals surface area contributed by atoms with Crippen LogP contribution in [0.3, 0.4) is 0 Å². The summed E-state index contributed by atoms with van der Waals surface area (Å²) in [6.45, 7) is 5.69. The van der Waals surface area contributed by atoms with Crippen LogP contribution in [0, 0.1) is 13.8 Å². The van der Waals surface area contributed by atoms with Gasteiger partial charge in [-0.15, -0.1) is 0 Å². The SMILES string of the molecule is CCCNC(=O)[C@H](Cc1ccccc1)N(Cc1cccc(C)c1)C(=O)CN(c1cc(Cl)cc(Cl)c1)S(=O)(=O)c1ccc(C)cc1. The molecular weight excluding hydrogens is 629 g/mol. The highest BCUT2D eigenvalue weighted by molar-refractivity contribution is 7.92. The lowest BCUT2D eigenvalue weighted by atomic mass is 10.0. The summed E-state index contributed by atoms with van der Waals surface area (Å²) in [5, 5.41) is 3.38. The van der Waals surface area contributed by atoms with Crippen LogP contribution in [0.2, 0.25) is 10.0 Å². The Morgan fingerprint density at radius 3 is 2.07 bits per heavy atom. The molecule has 45 heavy (non-hydrogen) atoms. The molecule has 0 unspecified atom stereocenters. The number of hydrogen-bond donors (Lipinski definition) is 1. The van der Waals surface area contributed by atoms with Crippen LogP contribution in [0.5, 0.6) is 0 Å². The first kappa shape index (κ1) is 34.0. The molecule has 236 valence electrons. The van der Waals surface area contributed by atoms with Gasteiger partial charge in [-0.05, 0) is 61.7 Å². The van der Waals surface area contributed by atoms with Crippen LogP contribution in [0.4, 0.5) is 5.69 Å². The molecule has 0 saturated heterocycles. The Bertz CT molecular complexity index is 1710. The summed E-state index contributed by atoms with van der Waals surface area (Å²) in [5.41, 5.74) is 3.68. The minimum absolute atomic E-state index is 0.00348. The molecule has 0 aliphatic carbocycles. The summed E-state index contributed by atoms with van der Waals surface area (Å²) in [5.74, 6) is -0.878. The summed E-state index contributed by atoms with van der Waals surface area (Å²) in [4.78, 5) is 29.7. The fourth-order valence-electron chi connectivity index (χ4n) is 4.98. The molecule has 1 N–H and O–H groups in total. The van der Waals surface area contributed by atoms with Crippen molar-refractivity contribution in [2.75, 3.05) is 17.4 Å². The number of nitrogens with one attached hydrogen (secondary N) is 1. The highest BCUT2D eigenvalue weighted by atomic mass is 35.5. The van der Waals surface area contributed by atoms with Gasteiger partial charge in [0.2, 0.25) is 11.8 Å². The normalized spacial score (nSPS) is 11.9. The number of benzene rings is 4. The number of sulfonamides is 1. The number of carbonyl (C=O) groups excluding carboxylic acids is 2. The van der Waals surface area contributed by atoms with Crippen LogP contribution in [0.1, 0.15) is 35.6 Å². The van der Waals surface area contributed by atoms with Gasteiger partial charge in [0.15, 0.2) is 0 Å². The number of halogens is 2. The van der Waals surface area contributed by atoms with Gasteiger partial charge in [-0.1, -0.05) is 108 Å². The van der Waals surface area contributed by atoms with E-state index in [1.54, 1.807) is 12.1 Å². The lowest BCUT2D eigenvalue weighted by Gasteiger charge is -2.34. The van der Waals surface area contributed by atoms with Crippen LogP contribution < -0.4 is 9.62 Å². The second kappa shape index (κ2) is 15.4. The van der Waals surface area contributed by atoms with Crippen molar-refractivity contribution in [1.29, 1.82) is 0 Å². The summed E-state index contributed by atoms with van der Waals surface area (Å²) >= 11 is 12.6. The van der Waals surface area contributed by atoms with E-state index in [1.165, 1.54) is 35.2 Å². The summed E-state index contributed by atoms with van der Waals surface area (Å²) < 4.78 is 29.3. The Labute approximate surface area is 275 Å². The Balaban J connectivity index is 1.82. The second-order valence-corrected chi connectivity index (χ2v) is 13.7. The molecule has 0 bridgehead atoms. The van der Waals surface area contributed by atoms with Gasteiger partial charge in [0.05, 0.1) is 10.6 Å². The number of anilines is 1. The zero-order valence-electron chi connectivity index (χ0n) is 25.5. The van der Waals surface area contributed by atoms with E-state index in [2.05, 4.69) is 5.32 Å². The fraction of sp³-hybridized carbons (Fsp3) is 0.257. The molecule has 10 heteroatoms. The van der Waals surface area contributed by atoms with E-state index in [9.17, 15) is 18.0 Å². The van der Waals surface area contributed by atoms with Gasteiger partial charge in [-0.3, -0.25) is 13.9 Å². The molecule has 0 aliphatic rings. The predicted octanol–water partition coefficient (Wildman–Crippen LogP) is 6.97. The van der Waals surface area contributed by atoms with E-state index in [0.29, 0.717) is 13.0 Å². The number of rotatable bonds is 13. The van der Waals surface area contributed by atoms with Crippen molar-refractivity contribution < 1.29 is 18.0 Å². The number of nitrogens with zero attached hydrogens (tertiary/aromatic N) is 2. The first-order valence-electron chi connectivity index (χ1n) is 14.7. The third kappa shape index (κ3) is 9.10. The van der Waals surface area contributed by atoms with Gasteiger partial charge in [0.1, 0.15) is 12.6 Å². The highest BCUT2D eigenvalue weighted by Crippen LogP contribution is 2.30. The molecule has 4 aromatic rings. The zero-order chi connectivity index (χ0) is 32.6. The smallest absolute Gasteiger partial charge is 0.264 e. The number of hydrogen-bond acceptors (Lipinski definition) is 4. The topological polar surface area (TPSA) is 86.8 Å². The van der Waals surface area contributed by atoms with Crippen molar-refractivity contribution in [3.05, 3.63) is 129 Å². The van der Waals surface area contributed by atoms with Crippen molar-refractivity contribution >= 4 is 50.7 Å². The molecule has 0 saturated carbocycles. The van der Waals surface area contributed by atoms with Crippen LogP contribution in [0.15, 0.2) is 102 Å². The maximum absolute atomic E-state index is 14.5. The zero-order valence-corrected chi connectivity index (χ0v) is 27.9. The molecular formula is C35H37Cl2N3O4S. The maximum Gasteiger partial charge on any atom is 0.264 e. The Morgan fingerprint density at radius 2 is 1.44 bits per heavy atom. The molecule has 0 aromatic heterocycles. The van der Waals surface area contributed by atoms with Crippen LogP contribution in [0.25, 0.3) is 0 Å². The van der Waals surface area contributed by atoms with Gasteiger partial charge in [0.25, 0.3) is 10.0 Å². The summed E-state index contributed by atoms with van der Waals surface area (Å²) in [6, 6.07) is 26.9. The lowest BCUT2D eigenvalue weighted by molar-refractivity contribution is -0.140. The molecule has 0 spiro atoms. The average molecular weight is 667 g/mol. The van der Waals surface area contributed by atoms with Crippen molar-refractivity contribution in [1.82, 2.24) is 10.2 Å². The minimum Gasteiger partial charge on any atom is -0.354 e. The molecule has 1 atom stereocenters. The quantitative estimate of drug-likeness (QED) is 0.167. The summed E-state index contributed by atoms with van der Waals surface area (Å²) in [6.07, 6.45) is 0.954. The fourth-order valence-corrected chi connectivity index (χ4v) is 6.89. The number of amides is 2. The molecule has 7 nitrogen and oxygen atoms in total. The molecule has 0 fully saturated rings.